The molecule has 1 heterocycles. The first kappa shape index (κ1) is 18.9. The van der Waals surface area contributed by atoms with E-state index in [4.69, 9.17) is 4.74 Å². The lowest BCUT2D eigenvalue weighted by Gasteiger charge is -2.42. The van der Waals surface area contributed by atoms with E-state index in [0.717, 1.165) is 38.1 Å². The zero-order chi connectivity index (χ0) is 15.7. The first-order valence-electron chi connectivity index (χ1n) is 8.98. The molecule has 1 aliphatic heterocycles. The van der Waals surface area contributed by atoms with Gasteiger partial charge < -0.3 is 15.0 Å². The fourth-order valence-corrected chi connectivity index (χ4v) is 3.47. The van der Waals surface area contributed by atoms with Crippen LogP contribution >= 0.6 is 0 Å². The van der Waals surface area contributed by atoms with E-state index >= 15 is 0 Å². The molecule has 0 saturated carbocycles. The fraction of sp³-hybridized carbons (Fsp3) is 1.00. The number of rotatable bonds is 10. The Morgan fingerprint density at radius 1 is 1.14 bits per heavy atom. The molecule has 0 aromatic heterocycles. The summed E-state index contributed by atoms with van der Waals surface area (Å²) in [5, 5.41) is 3.65. The Balaban J connectivity index is 2.65. The molecule has 1 saturated heterocycles. The molecule has 0 radical (unpaired) electrons. The van der Waals surface area contributed by atoms with Crippen molar-refractivity contribution in [2.75, 3.05) is 45.9 Å². The second kappa shape index (κ2) is 9.81. The van der Waals surface area contributed by atoms with Gasteiger partial charge in [0.05, 0.1) is 6.61 Å². The maximum atomic E-state index is 5.86. The predicted molar refractivity (Wildman–Crippen MR) is 91.8 cm³/mol. The summed E-state index contributed by atoms with van der Waals surface area (Å²) in [6.07, 6.45) is 3.72. The van der Waals surface area contributed by atoms with Gasteiger partial charge in [0.15, 0.2) is 0 Å². The zero-order valence-corrected chi connectivity index (χ0v) is 15.1. The maximum absolute atomic E-state index is 5.86. The molecule has 1 unspecified atom stereocenters. The third-order valence-corrected chi connectivity index (χ3v) is 4.14. The van der Waals surface area contributed by atoms with Crippen molar-refractivity contribution in [2.45, 2.75) is 53.9 Å². The van der Waals surface area contributed by atoms with Crippen molar-refractivity contribution in [2.24, 2.45) is 17.3 Å². The molecule has 0 bridgehead atoms. The van der Waals surface area contributed by atoms with E-state index in [1.807, 2.05) is 0 Å². The van der Waals surface area contributed by atoms with Gasteiger partial charge in [-0.2, -0.15) is 0 Å². The largest absolute Gasteiger partial charge is 0.381 e. The van der Waals surface area contributed by atoms with E-state index in [9.17, 15) is 0 Å². The highest BCUT2D eigenvalue weighted by atomic mass is 16.5. The molecule has 0 spiro atoms. The Morgan fingerprint density at radius 3 is 2.29 bits per heavy atom. The van der Waals surface area contributed by atoms with Crippen molar-refractivity contribution in [1.29, 1.82) is 0 Å². The fourth-order valence-electron chi connectivity index (χ4n) is 3.47. The number of nitrogens with zero attached hydrogens (tertiary/aromatic N) is 1. The third-order valence-electron chi connectivity index (χ3n) is 4.14. The molecule has 1 fully saturated rings. The minimum Gasteiger partial charge on any atom is -0.381 e. The van der Waals surface area contributed by atoms with Crippen molar-refractivity contribution in [3.05, 3.63) is 0 Å². The second-order valence-corrected chi connectivity index (χ2v) is 7.81. The van der Waals surface area contributed by atoms with Crippen molar-refractivity contribution >= 4 is 0 Å². The standard InChI is InChI=1S/C18H38N2O/c1-6-9-19-13-18(8-7-10-21-15-18)14-20(11-16(2)3)12-17(4)5/h16-17,19H,6-15H2,1-5H3. The van der Waals surface area contributed by atoms with Gasteiger partial charge >= 0.3 is 0 Å². The minimum absolute atomic E-state index is 0.317. The second-order valence-electron chi connectivity index (χ2n) is 7.81. The van der Waals surface area contributed by atoms with Crippen LogP contribution in [0.25, 0.3) is 0 Å². The average Bonchev–Trinajstić information content (AvgIpc) is 2.38. The lowest BCUT2D eigenvalue weighted by Crippen LogP contribution is -2.50. The predicted octanol–water partition coefficient (Wildman–Crippen LogP) is 3.40. The van der Waals surface area contributed by atoms with Crippen LogP contribution in [0.3, 0.4) is 0 Å². The van der Waals surface area contributed by atoms with E-state index in [1.54, 1.807) is 0 Å². The van der Waals surface area contributed by atoms with Crippen LogP contribution in [0.5, 0.6) is 0 Å². The summed E-state index contributed by atoms with van der Waals surface area (Å²) in [5.74, 6) is 1.46. The van der Waals surface area contributed by atoms with E-state index < -0.39 is 0 Å². The Kier molecular flexibility index (Phi) is 8.84. The molecule has 1 N–H and O–H groups in total. The lowest BCUT2D eigenvalue weighted by atomic mass is 9.81. The topological polar surface area (TPSA) is 24.5 Å². The van der Waals surface area contributed by atoms with Crippen molar-refractivity contribution in [3.8, 4) is 0 Å². The van der Waals surface area contributed by atoms with Crippen molar-refractivity contribution < 1.29 is 4.74 Å². The van der Waals surface area contributed by atoms with Crippen LogP contribution in [0.15, 0.2) is 0 Å². The quantitative estimate of drug-likeness (QED) is 0.626. The number of nitrogens with one attached hydrogen (secondary N) is 1. The van der Waals surface area contributed by atoms with Crippen LogP contribution in [0.1, 0.15) is 53.9 Å². The molecular weight excluding hydrogens is 260 g/mol. The smallest absolute Gasteiger partial charge is 0.0546 e. The van der Waals surface area contributed by atoms with Gasteiger partial charge in [-0.1, -0.05) is 34.6 Å². The average molecular weight is 299 g/mol. The molecule has 3 heteroatoms. The molecule has 1 rings (SSSR count). The van der Waals surface area contributed by atoms with Gasteiger partial charge in [0.1, 0.15) is 0 Å². The monoisotopic (exact) mass is 298 g/mol. The molecule has 21 heavy (non-hydrogen) atoms. The lowest BCUT2D eigenvalue weighted by molar-refractivity contribution is -0.0291. The molecule has 1 atom stereocenters. The Labute approximate surface area is 132 Å². The summed E-state index contributed by atoms with van der Waals surface area (Å²) in [6, 6.07) is 0. The summed E-state index contributed by atoms with van der Waals surface area (Å²) in [6.45, 7) is 19.2. The first-order chi connectivity index (χ1) is 9.97. The van der Waals surface area contributed by atoms with E-state index in [-0.39, 0.29) is 0 Å². The number of hydrogen-bond acceptors (Lipinski definition) is 3. The van der Waals surface area contributed by atoms with Crippen LogP contribution in [0.4, 0.5) is 0 Å². The third kappa shape index (κ3) is 7.62. The SMILES string of the molecule is CCCNCC1(CN(CC(C)C)CC(C)C)CCCOC1. The van der Waals surface area contributed by atoms with E-state index in [0.29, 0.717) is 5.41 Å². The molecule has 0 aromatic carbocycles. The molecule has 0 amide bonds. The van der Waals surface area contributed by atoms with Gasteiger partial charge in [-0.3, -0.25) is 0 Å². The van der Waals surface area contributed by atoms with Crippen LogP contribution < -0.4 is 5.32 Å². The normalized spacial score (nSPS) is 23.4. The highest BCUT2D eigenvalue weighted by Gasteiger charge is 2.34. The van der Waals surface area contributed by atoms with Gasteiger partial charge in [0, 0.05) is 38.2 Å². The Hall–Kier alpha value is -0.120. The number of hydrogen-bond donors (Lipinski definition) is 1. The molecule has 126 valence electrons. The van der Waals surface area contributed by atoms with Gasteiger partial charge in [-0.05, 0) is 37.6 Å². The van der Waals surface area contributed by atoms with Gasteiger partial charge in [-0.25, -0.2) is 0 Å². The molecule has 3 nitrogen and oxygen atoms in total. The highest BCUT2D eigenvalue weighted by molar-refractivity contribution is 4.87. The van der Waals surface area contributed by atoms with Crippen molar-refractivity contribution in [3.63, 3.8) is 0 Å². The first-order valence-corrected chi connectivity index (χ1v) is 8.98. The summed E-state index contributed by atoms with van der Waals surface area (Å²) < 4.78 is 5.86. The Morgan fingerprint density at radius 2 is 1.81 bits per heavy atom. The van der Waals surface area contributed by atoms with Gasteiger partial charge in [0.25, 0.3) is 0 Å². The zero-order valence-electron chi connectivity index (χ0n) is 15.1. The maximum Gasteiger partial charge on any atom is 0.0546 e. The van der Waals surface area contributed by atoms with Crippen LogP contribution in [0.2, 0.25) is 0 Å². The summed E-state index contributed by atoms with van der Waals surface area (Å²) in [4.78, 5) is 2.68. The molecule has 1 aliphatic rings. The van der Waals surface area contributed by atoms with Gasteiger partial charge in [0.2, 0.25) is 0 Å². The minimum atomic E-state index is 0.317. The van der Waals surface area contributed by atoms with Crippen LogP contribution in [0, 0.1) is 17.3 Å². The summed E-state index contributed by atoms with van der Waals surface area (Å²) >= 11 is 0. The van der Waals surface area contributed by atoms with Crippen LogP contribution in [-0.2, 0) is 4.74 Å². The van der Waals surface area contributed by atoms with Gasteiger partial charge in [-0.15, -0.1) is 0 Å². The summed E-state index contributed by atoms with van der Waals surface area (Å²) in [7, 11) is 0. The molecule has 0 aliphatic carbocycles. The van der Waals surface area contributed by atoms with Crippen LogP contribution in [-0.4, -0.2) is 50.8 Å². The summed E-state index contributed by atoms with van der Waals surface area (Å²) in [5.41, 5.74) is 0.317. The number of ether oxygens (including phenoxy) is 1. The molecular formula is C18H38N2O. The Bertz CT molecular complexity index is 250. The molecule has 0 aromatic rings. The van der Waals surface area contributed by atoms with Crippen molar-refractivity contribution in [1.82, 2.24) is 10.2 Å². The van der Waals surface area contributed by atoms with E-state index in [2.05, 4.69) is 44.8 Å². The van der Waals surface area contributed by atoms with E-state index in [1.165, 1.54) is 38.9 Å². The highest BCUT2D eigenvalue weighted by Crippen LogP contribution is 2.30.